The molecule has 11 heteroatoms. The second-order valence-corrected chi connectivity index (χ2v) is 9.64. The molecule has 2 saturated heterocycles. The second-order valence-electron chi connectivity index (χ2n) is 9.64. The van der Waals surface area contributed by atoms with Crippen molar-refractivity contribution in [2.24, 2.45) is 5.92 Å². The first kappa shape index (κ1) is 24.5. The molecule has 0 spiro atoms. The lowest BCUT2D eigenvalue weighted by atomic mass is 9.96. The number of hydrogen-bond acceptors (Lipinski definition) is 7. The highest BCUT2D eigenvalue weighted by atomic mass is 16.6. The summed E-state index contributed by atoms with van der Waals surface area (Å²) >= 11 is 0. The molecule has 2 fully saturated rings. The number of piperidine rings is 2. The molecule has 5 rings (SSSR count). The van der Waals surface area contributed by atoms with Crippen molar-refractivity contribution in [1.82, 2.24) is 4.90 Å². The van der Waals surface area contributed by atoms with E-state index in [1.807, 2.05) is 29.2 Å². The number of carbonyl (C=O) groups excluding carboxylic acids is 2. The zero-order valence-corrected chi connectivity index (χ0v) is 20.2. The molecule has 3 aliphatic heterocycles. The summed E-state index contributed by atoms with van der Waals surface area (Å²) in [6.45, 7) is 1.88. The van der Waals surface area contributed by atoms with Gasteiger partial charge in [-0.3, -0.25) is 24.6 Å². The Balaban J connectivity index is 1.29. The average Bonchev–Trinajstić information content (AvgIpc) is 2.92. The number of fused-ring (bicyclic) bond motifs is 1. The van der Waals surface area contributed by atoms with E-state index in [2.05, 4.69) is 0 Å². The maximum Gasteiger partial charge on any atom is 0.414 e. The Hall–Kier alpha value is -4.15. The average molecular weight is 509 g/mol. The van der Waals surface area contributed by atoms with Crippen LogP contribution >= 0.6 is 0 Å². The summed E-state index contributed by atoms with van der Waals surface area (Å²) in [6, 6.07) is 12.1. The van der Waals surface area contributed by atoms with Crippen LogP contribution < -0.4 is 9.80 Å². The normalized spacial score (nSPS) is 18.8. The summed E-state index contributed by atoms with van der Waals surface area (Å²) in [5.74, 6) is -1.67. The molecular weight excluding hydrogens is 480 g/mol. The van der Waals surface area contributed by atoms with Gasteiger partial charge in [-0.2, -0.15) is 0 Å². The largest absolute Gasteiger partial charge is 0.481 e. The van der Waals surface area contributed by atoms with Crippen molar-refractivity contribution >= 4 is 35.0 Å². The summed E-state index contributed by atoms with van der Waals surface area (Å²) in [5.41, 5.74) is 2.30. The summed E-state index contributed by atoms with van der Waals surface area (Å²) in [4.78, 5) is 53.4. The molecule has 2 amide bonds. The molecule has 0 aliphatic carbocycles. The van der Waals surface area contributed by atoms with E-state index in [1.165, 1.54) is 6.07 Å². The van der Waals surface area contributed by atoms with Crippen molar-refractivity contribution in [3.05, 3.63) is 63.7 Å². The number of nitro groups is 1. The van der Waals surface area contributed by atoms with Crippen LogP contribution in [-0.4, -0.2) is 65.1 Å². The number of nitro benzene ring substituents is 1. The number of amides is 2. The van der Waals surface area contributed by atoms with E-state index in [-0.39, 0.29) is 35.9 Å². The first-order chi connectivity index (χ1) is 17.8. The minimum atomic E-state index is -0.864. The number of benzene rings is 2. The van der Waals surface area contributed by atoms with Crippen molar-refractivity contribution in [2.45, 2.75) is 38.3 Å². The van der Waals surface area contributed by atoms with Gasteiger partial charge in [0.15, 0.2) is 0 Å². The van der Waals surface area contributed by atoms with Gasteiger partial charge >= 0.3 is 12.1 Å². The molecule has 0 bridgehead atoms. The van der Waals surface area contributed by atoms with Crippen molar-refractivity contribution in [1.29, 1.82) is 0 Å². The van der Waals surface area contributed by atoms with Crippen molar-refractivity contribution in [3.63, 3.8) is 0 Å². The van der Waals surface area contributed by atoms with E-state index >= 15 is 0 Å². The van der Waals surface area contributed by atoms with Gasteiger partial charge in [0.25, 0.3) is 11.6 Å². The van der Waals surface area contributed by atoms with Gasteiger partial charge in [-0.25, -0.2) is 4.79 Å². The van der Waals surface area contributed by atoms with Gasteiger partial charge in [0.1, 0.15) is 12.3 Å². The molecule has 11 nitrogen and oxygen atoms in total. The number of carbonyl (C=O) groups is 3. The van der Waals surface area contributed by atoms with Gasteiger partial charge in [-0.1, -0.05) is 18.2 Å². The predicted octanol–water partition coefficient (Wildman–Crippen LogP) is 3.66. The molecule has 2 aromatic carbocycles. The Morgan fingerprint density at radius 1 is 0.973 bits per heavy atom. The summed E-state index contributed by atoms with van der Waals surface area (Å²) in [7, 11) is 0. The molecule has 2 aromatic rings. The van der Waals surface area contributed by atoms with Gasteiger partial charge in [-0.05, 0) is 43.9 Å². The van der Waals surface area contributed by atoms with E-state index in [4.69, 9.17) is 4.74 Å². The van der Waals surface area contributed by atoms with Crippen LogP contribution in [0.15, 0.2) is 42.5 Å². The first-order valence-electron chi connectivity index (χ1n) is 12.4. The monoisotopic (exact) mass is 508 g/mol. The zero-order valence-electron chi connectivity index (χ0n) is 20.2. The zero-order chi connectivity index (χ0) is 26.1. The number of anilines is 2. The molecule has 0 atom stereocenters. The Labute approximate surface area is 213 Å². The molecule has 0 radical (unpaired) electrons. The third kappa shape index (κ3) is 4.81. The fraction of sp³-hybridized carbons (Fsp3) is 0.423. The number of hydrogen-bond donors (Lipinski definition) is 1. The molecule has 0 unspecified atom stereocenters. The van der Waals surface area contributed by atoms with E-state index in [9.17, 15) is 29.6 Å². The van der Waals surface area contributed by atoms with Crippen LogP contribution in [0.3, 0.4) is 0 Å². The van der Waals surface area contributed by atoms with Gasteiger partial charge in [0.2, 0.25) is 0 Å². The second kappa shape index (κ2) is 10.1. The fourth-order valence-corrected chi connectivity index (χ4v) is 5.47. The Kier molecular flexibility index (Phi) is 6.68. The number of rotatable bonds is 5. The van der Waals surface area contributed by atoms with Crippen LogP contribution in [0.5, 0.6) is 0 Å². The quantitative estimate of drug-likeness (QED) is 0.478. The highest BCUT2D eigenvalue weighted by Gasteiger charge is 2.35. The van der Waals surface area contributed by atoms with Crippen LogP contribution in [0.2, 0.25) is 0 Å². The lowest BCUT2D eigenvalue weighted by Gasteiger charge is -2.40. The Bertz CT molecular complexity index is 1230. The number of ether oxygens (including phenoxy) is 1. The topological polar surface area (TPSA) is 134 Å². The molecular formula is C26H28N4O7. The number of carboxylic acid groups (broad SMARTS) is 1. The van der Waals surface area contributed by atoms with Gasteiger partial charge in [0.05, 0.1) is 16.5 Å². The van der Waals surface area contributed by atoms with Crippen LogP contribution in [-0.2, 0) is 16.1 Å². The third-order valence-corrected chi connectivity index (χ3v) is 7.52. The Morgan fingerprint density at radius 3 is 2.35 bits per heavy atom. The summed E-state index contributed by atoms with van der Waals surface area (Å²) < 4.78 is 5.35. The maximum absolute atomic E-state index is 13.0. The number of nitrogens with zero attached hydrogens (tertiary/aromatic N) is 4. The SMILES string of the molecule is O=C(O)C1CCN(C(=O)c2ccc(N3CCC(N4C(=O)OCc5ccccc54)CC3)c([N+](=O)[O-])c2)CC1. The predicted molar refractivity (Wildman–Crippen MR) is 134 cm³/mol. The number of cyclic esters (lactones) is 1. The molecule has 0 aromatic heterocycles. The highest BCUT2D eigenvalue weighted by Crippen LogP contribution is 2.35. The van der Waals surface area contributed by atoms with Crippen LogP contribution in [0.25, 0.3) is 0 Å². The van der Waals surface area contributed by atoms with Gasteiger partial charge in [0, 0.05) is 49.4 Å². The smallest absolute Gasteiger partial charge is 0.414 e. The van der Waals surface area contributed by atoms with Crippen LogP contribution in [0.1, 0.15) is 41.6 Å². The van der Waals surface area contributed by atoms with Gasteiger partial charge < -0.3 is 19.6 Å². The third-order valence-electron chi connectivity index (χ3n) is 7.52. The number of carboxylic acids is 1. The number of aliphatic carboxylic acids is 1. The number of likely N-dealkylation sites (tertiary alicyclic amines) is 1. The summed E-state index contributed by atoms with van der Waals surface area (Å²) in [6.07, 6.45) is 1.58. The van der Waals surface area contributed by atoms with Crippen molar-refractivity contribution in [3.8, 4) is 0 Å². The van der Waals surface area contributed by atoms with Gasteiger partial charge in [-0.15, -0.1) is 0 Å². The molecule has 1 N–H and O–H groups in total. The summed E-state index contributed by atoms with van der Waals surface area (Å²) in [5, 5.41) is 21.1. The molecule has 3 heterocycles. The van der Waals surface area contributed by atoms with E-state index in [1.54, 1.807) is 21.9 Å². The molecule has 3 aliphatic rings. The van der Waals surface area contributed by atoms with E-state index in [0.717, 1.165) is 11.3 Å². The van der Waals surface area contributed by atoms with E-state index in [0.29, 0.717) is 57.5 Å². The fourth-order valence-electron chi connectivity index (χ4n) is 5.47. The Morgan fingerprint density at radius 2 is 1.68 bits per heavy atom. The minimum absolute atomic E-state index is 0.0844. The first-order valence-corrected chi connectivity index (χ1v) is 12.4. The standard InChI is InChI=1S/C26H28N4O7/c31-24(28-11-7-17(8-12-28)25(32)33)18-5-6-22(23(15-18)30(35)36)27-13-9-20(10-14-27)29-21-4-2-1-3-19(21)16-37-26(29)34/h1-6,15,17,20H,7-14,16H2,(H,32,33). The molecule has 194 valence electrons. The lowest BCUT2D eigenvalue weighted by molar-refractivity contribution is -0.384. The highest BCUT2D eigenvalue weighted by molar-refractivity contribution is 5.96. The lowest BCUT2D eigenvalue weighted by Crippen LogP contribution is -2.49. The van der Waals surface area contributed by atoms with Crippen molar-refractivity contribution in [2.75, 3.05) is 36.0 Å². The maximum atomic E-state index is 13.0. The molecule has 0 saturated carbocycles. The van der Waals surface area contributed by atoms with Crippen LogP contribution in [0, 0.1) is 16.0 Å². The van der Waals surface area contributed by atoms with E-state index < -0.39 is 16.8 Å². The molecule has 37 heavy (non-hydrogen) atoms. The minimum Gasteiger partial charge on any atom is -0.481 e. The number of para-hydroxylation sites is 1. The van der Waals surface area contributed by atoms with Crippen molar-refractivity contribution < 1.29 is 29.2 Å². The van der Waals surface area contributed by atoms with Crippen LogP contribution in [0.4, 0.5) is 21.9 Å².